The maximum absolute atomic E-state index is 13.5. The molecule has 2 heteroatoms. The summed E-state index contributed by atoms with van der Waals surface area (Å²) < 4.78 is 13.5. The van der Waals surface area contributed by atoms with Gasteiger partial charge in [-0.15, -0.1) is 0 Å². The van der Waals surface area contributed by atoms with E-state index in [1.165, 1.54) is 6.42 Å². The fourth-order valence-corrected chi connectivity index (χ4v) is 2.92. The minimum absolute atomic E-state index is 0.0251. The number of hydrogen-bond acceptors (Lipinski definition) is 1. The van der Waals surface area contributed by atoms with E-state index in [9.17, 15) is 4.39 Å². The Bertz CT molecular complexity index is 350. The van der Waals surface area contributed by atoms with Gasteiger partial charge in [-0.05, 0) is 48.9 Å². The van der Waals surface area contributed by atoms with Crippen LogP contribution in [0.4, 0.5) is 4.39 Å². The van der Waals surface area contributed by atoms with Crippen molar-refractivity contribution in [2.24, 2.45) is 11.8 Å². The third-order valence-electron chi connectivity index (χ3n) is 3.77. The molecule has 0 radical (unpaired) electrons. The summed E-state index contributed by atoms with van der Waals surface area (Å²) in [6.07, 6.45) is 1.17. The third kappa shape index (κ3) is 1.10. The second-order valence-corrected chi connectivity index (χ2v) is 4.45. The molecule has 0 aromatic heterocycles. The molecule has 1 N–H and O–H groups in total. The minimum atomic E-state index is -0.0251. The van der Waals surface area contributed by atoms with E-state index in [0.29, 0.717) is 11.8 Å². The normalized spacial score (nSPS) is 35.1. The van der Waals surface area contributed by atoms with Gasteiger partial charge in [-0.2, -0.15) is 0 Å². The minimum Gasteiger partial charge on any atom is -0.316 e. The Hall–Kier alpha value is -0.890. The SMILES string of the molecule is Fc1ccccc1[C@H]1C[C@H]2CNC[C@H]21. The lowest BCUT2D eigenvalue weighted by Gasteiger charge is -2.40. The summed E-state index contributed by atoms with van der Waals surface area (Å²) in [6.45, 7) is 2.21. The number of benzene rings is 1. The Balaban J connectivity index is 1.87. The molecule has 1 heterocycles. The van der Waals surface area contributed by atoms with Crippen LogP contribution >= 0.6 is 0 Å². The molecule has 1 aliphatic carbocycles. The van der Waals surface area contributed by atoms with Crippen LogP contribution in [0.25, 0.3) is 0 Å². The number of fused-ring (bicyclic) bond motifs is 1. The quantitative estimate of drug-likeness (QED) is 0.717. The van der Waals surface area contributed by atoms with E-state index in [1.54, 1.807) is 12.1 Å². The molecule has 3 rings (SSSR count). The third-order valence-corrected chi connectivity index (χ3v) is 3.77. The van der Waals surface area contributed by atoms with E-state index in [-0.39, 0.29) is 5.82 Å². The highest BCUT2D eigenvalue weighted by atomic mass is 19.1. The van der Waals surface area contributed by atoms with Crippen LogP contribution < -0.4 is 5.32 Å². The molecular weight excluding hydrogens is 177 g/mol. The van der Waals surface area contributed by atoms with Crippen LogP contribution in [0.3, 0.4) is 0 Å². The maximum atomic E-state index is 13.5. The summed E-state index contributed by atoms with van der Waals surface area (Å²) in [5, 5.41) is 3.38. The standard InChI is InChI=1S/C12H14FN/c13-12-4-2-1-3-9(12)10-5-8-6-14-7-11(8)10/h1-4,8,10-11,14H,5-7H2/t8-,10+,11+/m0/s1. The van der Waals surface area contributed by atoms with Gasteiger partial charge >= 0.3 is 0 Å². The van der Waals surface area contributed by atoms with E-state index in [1.807, 2.05) is 12.1 Å². The molecule has 0 unspecified atom stereocenters. The smallest absolute Gasteiger partial charge is 0.126 e. The maximum Gasteiger partial charge on any atom is 0.126 e. The second kappa shape index (κ2) is 3.06. The van der Waals surface area contributed by atoms with E-state index in [4.69, 9.17) is 0 Å². The summed E-state index contributed by atoms with van der Waals surface area (Å²) in [5.41, 5.74) is 0.928. The van der Waals surface area contributed by atoms with Gasteiger partial charge in [0, 0.05) is 0 Å². The van der Waals surface area contributed by atoms with Crippen molar-refractivity contribution >= 4 is 0 Å². The zero-order valence-corrected chi connectivity index (χ0v) is 8.04. The molecule has 3 atom stereocenters. The molecular formula is C12H14FN. The molecule has 14 heavy (non-hydrogen) atoms. The topological polar surface area (TPSA) is 12.0 Å². The van der Waals surface area contributed by atoms with E-state index < -0.39 is 0 Å². The van der Waals surface area contributed by atoms with Crippen molar-refractivity contribution in [1.29, 1.82) is 0 Å². The summed E-state index contributed by atoms with van der Waals surface area (Å²) in [6, 6.07) is 7.22. The van der Waals surface area contributed by atoms with Gasteiger partial charge in [-0.3, -0.25) is 0 Å². The van der Waals surface area contributed by atoms with Crippen molar-refractivity contribution in [2.75, 3.05) is 13.1 Å². The second-order valence-electron chi connectivity index (χ2n) is 4.45. The van der Waals surface area contributed by atoms with Gasteiger partial charge in [0.15, 0.2) is 0 Å². The van der Waals surface area contributed by atoms with Crippen molar-refractivity contribution in [3.05, 3.63) is 35.6 Å². The first-order chi connectivity index (χ1) is 6.86. The molecule has 0 bridgehead atoms. The van der Waals surface area contributed by atoms with Gasteiger partial charge in [-0.25, -0.2) is 4.39 Å². The lowest BCUT2D eigenvalue weighted by atomic mass is 9.64. The van der Waals surface area contributed by atoms with Crippen molar-refractivity contribution in [3.8, 4) is 0 Å². The molecule has 1 aliphatic heterocycles. The Labute approximate surface area is 83.3 Å². The van der Waals surface area contributed by atoms with Crippen LogP contribution in [-0.4, -0.2) is 13.1 Å². The van der Waals surface area contributed by atoms with Gasteiger partial charge < -0.3 is 5.32 Å². The number of nitrogens with one attached hydrogen (secondary N) is 1. The summed E-state index contributed by atoms with van der Waals surface area (Å²) in [5.74, 6) is 1.94. The molecule has 1 nitrogen and oxygen atoms in total. The molecule has 1 saturated carbocycles. The summed E-state index contributed by atoms with van der Waals surface area (Å²) in [4.78, 5) is 0. The van der Waals surface area contributed by atoms with E-state index in [2.05, 4.69) is 5.32 Å². The van der Waals surface area contributed by atoms with Crippen LogP contribution in [0, 0.1) is 17.7 Å². The Morgan fingerprint density at radius 3 is 2.86 bits per heavy atom. The predicted octanol–water partition coefficient (Wildman–Crippen LogP) is 2.15. The Kier molecular flexibility index (Phi) is 1.84. The van der Waals surface area contributed by atoms with Crippen molar-refractivity contribution in [1.82, 2.24) is 5.32 Å². The lowest BCUT2D eigenvalue weighted by Crippen LogP contribution is -2.34. The van der Waals surface area contributed by atoms with Gasteiger partial charge in [0.2, 0.25) is 0 Å². The fourth-order valence-electron chi connectivity index (χ4n) is 2.92. The predicted molar refractivity (Wildman–Crippen MR) is 53.6 cm³/mol. The number of rotatable bonds is 1. The van der Waals surface area contributed by atoms with Crippen molar-refractivity contribution in [3.63, 3.8) is 0 Å². The zero-order valence-electron chi connectivity index (χ0n) is 8.04. The highest BCUT2D eigenvalue weighted by Crippen LogP contribution is 2.49. The van der Waals surface area contributed by atoms with Gasteiger partial charge in [0.1, 0.15) is 5.82 Å². The van der Waals surface area contributed by atoms with Crippen LogP contribution in [-0.2, 0) is 0 Å². The largest absolute Gasteiger partial charge is 0.316 e. The van der Waals surface area contributed by atoms with Crippen LogP contribution in [0.5, 0.6) is 0 Å². The molecule has 1 saturated heterocycles. The summed E-state index contributed by atoms with van der Waals surface area (Å²) in [7, 11) is 0. The van der Waals surface area contributed by atoms with Gasteiger partial charge in [0.25, 0.3) is 0 Å². The zero-order chi connectivity index (χ0) is 9.54. The lowest BCUT2D eigenvalue weighted by molar-refractivity contribution is 0.187. The van der Waals surface area contributed by atoms with E-state index >= 15 is 0 Å². The van der Waals surface area contributed by atoms with Gasteiger partial charge in [0.05, 0.1) is 0 Å². The number of halogens is 1. The molecule has 2 fully saturated rings. The molecule has 74 valence electrons. The van der Waals surface area contributed by atoms with Crippen LogP contribution in [0.15, 0.2) is 24.3 Å². The van der Waals surface area contributed by atoms with Gasteiger partial charge in [-0.1, -0.05) is 18.2 Å². The molecule has 1 aromatic rings. The molecule has 0 spiro atoms. The average molecular weight is 191 g/mol. The molecule has 0 amide bonds. The number of hydrogen-bond donors (Lipinski definition) is 1. The first-order valence-corrected chi connectivity index (χ1v) is 5.31. The fraction of sp³-hybridized carbons (Fsp3) is 0.500. The van der Waals surface area contributed by atoms with Crippen LogP contribution in [0.2, 0.25) is 0 Å². The molecule has 1 aromatic carbocycles. The van der Waals surface area contributed by atoms with E-state index in [0.717, 1.165) is 24.6 Å². The average Bonchev–Trinajstić information content (AvgIpc) is 2.52. The Morgan fingerprint density at radius 2 is 2.07 bits per heavy atom. The monoisotopic (exact) mass is 191 g/mol. The molecule has 2 aliphatic rings. The van der Waals surface area contributed by atoms with Crippen molar-refractivity contribution in [2.45, 2.75) is 12.3 Å². The first kappa shape index (κ1) is 8.42. The summed E-state index contributed by atoms with van der Waals surface area (Å²) >= 11 is 0. The first-order valence-electron chi connectivity index (χ1n) is 5.31. The van der Waals surface area contributed by atoms with Crippen LogP contribution in [0.1, 0.15) is 17.9 Å². The highest BCUT2D eigenvalue weighted by Gasteiger charge is 2.45. The Morgan fingerprint density at radius 1 is 1.21 bits per heavy atom. The van der Waals surface area contributed by atoms with Crippen molar-refractivity contribution < 1.29 is 4.39 Å². The highest BCUT2D eigenvalue weighted by molar-refractivity contribution is 5.26.